The quantitative estimate of drug-likeness (QED) is 0.553. The topological polar surface area (TPSA) is 46.9 Å². The van der Waals surface area contributed by atoms with Crippen LogP contribution in [0.5, 0.6) is 0 Å². The molecule has 0 aliphatic heterocycles. The van der Waals surface area contributed by atoms with Gasteiger partial charge in [-0.15, -0.1) is 0 Å². The van der Waals surface area contributed by atoms with Gasteiger partial charge in [-0.1, -0.05) is 0 Å². The van der Waals surface area contributed by atoms with Gasteiger partial charge in [0, 0.05) is 33.0 Å². The maximum atomic E-state index is 5.82. The van der Waals surface area contributed by atoms with Crippen LogP contribution in [0.3, 0.4) is 0 Å². The molecule has 0 bridgehead atoms. The lowest BCUT2D eigenvalue weighted by molar-refractivity contribution is -0.511. The Kier molecular flexibility index (Phi) is 2.06. The number of anilines is 1. The summed E-state index contributed by atoms with van der Waals surface area (Å²) < 4.78 is 4.06. The highest BCUT2D eigenvalue weighted by atomic mass is 15.3. The first kappa shape index (κ1) is 9.24. The highest BCUT2D eigenvalue weighted by molar-refractivity contribution is 5.98. The lowest BCUT2D eigenvalue weighted by Crippen LogP contribution is -2.18. The van der Waals surface area contributed by atoms with E-state index in [1.54, 1.807) is 4.68 Å². The first-order valence-corrected chi connectivity index (χ1v) is 4.95. The summed E-state index contributed by atoms with van der Waals surface area (Å²) in [5, 5.41) is 4.14. The van der Waals surface area contributed by atoms with Crippen LogP contribution < -0.4 is 5.73 Å². The van der Waals surface area contributed by atoms with Gasteiger partial charge in [0.15, 0.2) is 17.6 Å². The largest absolute Gasteiger partial charge is 0.382 e. The van der Waals surface area contributed by atoms with Crippen molar-refractivity contribution >= 4 is 11.5 Å². The van der Waals surface area contributed by atoms with Gasteiger partial charge in [0.2, 0.25) is 0 Å². The van der Waals surface area contributed by atoms with E-state index in [2.05, 4.69) is 23.6 Å². The molecule has 1 fully saturated rings. The second-order valence-corrected chi connectivity index (χ2v) is 4.03. The second kappa shape index (κ2) is 3.12. The Labute approximate surface area is 84.0 Å². The molecule has 2 rings (SSSR count). The van der Waals surface area contributed by atoms with Crippen LogP contribution in [0.25, 0.3) is 0 Å². The number of rotatable bonds is 2. The normalized spacial score (nSPS) is 18.2. The summed E-state index contributed by atoms with van der Waals surface area (Å²) in [5.74, 6) is 0.623. The van der Waals surface area contributed by atoms with Crippen LogP contribution in [0.1, 0.15) is 25.3 Å². The number of nitrogens with two attached hydrogens (primary N) is 1. The fraction of sp³-hybridized carbons (Fsp3) is 0.600. The summed E-state index contributed by atoms with van der Waals surface area (Å²) in [7, 11) is 4.02. The number of aryl methyl sites for hydroxylation is 1. The zero-order valence-electron chi connectivity index (χ0n) is 8.99. The highest BCUT2D eigenvalue weighted by Crippen LogP contribution is 2.23. The predicted molar refractivity (Wildman–Crippen MR) is 56.6 cm³/mol. The van der Waals surface area contributed by atoms with Gasteiger partial charge in [-0.05, 0) is 0 Å². The molecule has 0 radical (unpaired) electrons. The lowest BCUT2D eigenvalue weighted by Gasteiger charge is -1.99. The molecule has 0 unspecified atom stereocenters. The van der Waals surface area contributed by atoms with Crippen LogP contribution in [-0.4, -0.2) is 33.2 Å². The van der Waals surface area contributed by atoms with Crippen molar-refractivity contribution in [1.29, 1.82) is 0 Å². The first-order valence-electron chi connectivity index (χ1n) is 4.95. The molecule has 0 spiro atoms. The van der Waals surface area contributed by atoms with Crippen molar-refractivity contribution in [2.24, 2.45) is 7.05 Å². The number of nitrogens with zero attached hydrogens (tertiary/aromatic N) is 3. The third kappa shape index (κ3) is 1.52. The van der Waals surface area contributed by atoms with E-state index in [-0.39, 0.29) is 0 Å². The SMILES string of the molecule is CC(c1cn(C)nc1N)=[N+](C)C1CC1. The molecule has 0 amide bonds. The third-order valence-electron chi connectivity index (χ3n) is 2.87. The zero-order chi connectivity index (χ0) is 10.3. The number of hydrogen-bond acceptors (Lipinski definition) is 2. The van der Waals surface area contributed by atoms with Crippen LogP contribution in [0.15, 0.2) is 6.20 Å². The molecule has 1 saturated carbocycles. The summed E-state index contributed by atoms with van der Waals surface area (Å²) in [4.78, 5) is 0. The predicted octanol–water partition coefficient (Wildman–Crippen LogP) is 0.616. The average molecular weight is 193 g/mol. The standard InChI is InChI=1S/C10H17N4/c1-7(14(3)8-4-5-8)9-6-13(2)12-10(9)11/h6,8H,4-5H2,1-3H3,(H2,11,12)/q+1. The molecule has 2 N–H and O–H groups in total. The molecular formula is C10H17N4+. The van der Waals surface area contributed by atoms with Crippen molar-refractivity contribution in [2.45, 2.75) is 25.8 Å². The van der Waals surface area contributed by atoms with Crippen molar-refractivity contribution in [2.75, 3.05) is 12.8 Å². The number of hydrogen-bond donors (Lipinski definition) is 1. The summed E-state index contributed by atoms with van der Waals surface area (Å²) >= 11 is 0. The maximum absolute atomic E-state index is 5.82. The van der Waals surface area contributed by atoms with Gasteiger partial charge in [0.05, 0.1) is 0 Å². The minimum atomic E-state index is 0.623. The van der Waals surface area contributed by atoms with E-state index in [1.807, 2.05) is 13.2 Å². The molecule has 14 heavy (non-hydrogen) atoms. The Morgan fingerprint density at radius 3 is 2.71 bits per heavy atom. The van der Waals surface area contributed by atoms with Gasteiger partial charge >= 0.3 is 0 Å². The van der Waals surface area contributed by atoms with Gasteiger partial charge in [-0.2, -0.15) is 5.10 Å². The van der Waals surface area contributed by atoms with E-state index in [4.69, 9.17) is 5.73 Å². The Morgan fingerprint density at radius 2 is 2.29 bits per heavy atom. The number of aromatic nitrogens is 2. The molecule has 1 aromatic rings. The fourth-order valence-corrected chi connectivity index (χ4v) is 1.71. The van der Waals surface area contributed by atoms with Crippen molar-refractivity contribution in [1.82, 2.24) is 9.78 Å². The van der Waals surface area contributed by atoms with Gasteiger partial charge in [0.25, 0.3) is 0 Å². The minimum absolute atomic E-state index is 0.623. The van der Waals surface area contributed by atoms with Crippen molar-refractivity contribution in [3.63, 3.8) is 0 Å². The van der Waals surface area contributed by atoms with E-state index in [0.29, 0.717) is 5.82 Å². The van der Waals surface area contributed by atoms with Gasteiger partial charge in [0.1, 0.15) is 12.6 Å². The van der Waals surface area contributed by atoms with Crippen LogP contribution >= 0.6 is 0 Å². The van der Waals surface area contributed by atoms with Gasteiger partial charge in [-0.3, -0.25) is 4.68 Å². The molecule has 0 saturated heterocycles. The highest BCUT2D eigenvalue weighted by Gasteiger charge is 2.32. The monoisotopic (exact) mass is 193 g/mol. The summed E-state index contributed by atoms with van der Waals surface area (Å²) in [5.41, 5.74) is 8.10. The van der Waals surface area contributed by atoms with E-state index in [1.165, 1.54) is 18.6 Å². The Hall–Kier alpha value is -1.32. The van der Waals surface area contributed by atoms with Gasteiger partial charge in [-0.25, -0.2) is 4.58 Å². The molecule has 76 valence electrons. The maximum Gasteiger partial charge on any atom is 0.185 e. The van der Waals surface area contributed by atoms with E-state index in [0.717, 1.165) is 11.6 Å². The molecule has 1 aromatic heterocycles. The minimum Gasteiger partial charge on any atom is -0.382 e. The van der Waals surface area contributed by atoms with Crippen molar-refractivity contribution < 1.29 is 4.58 Å². The van der Waals surface area contributed by atoms with Crippen LogP contribution in [0, 0.1) is 0 Å². The van der Waals surface area contributed by atoms with Crippen LogP contribution in [0.4, 0.5) is 5.82 Å². The molecule has 0 aromatic carbocycles. The zero-order valence-corrected chi connectivity index (χ0v) is 8.99. The lowest BCUT2D eigenvalue weighted by atomic mass is 10.2. The second-order valence-electron chi connectivity index (χ2n) is 4.03. The van der Waals surface area contributed by atoms with E-state index >= 15 is 0 Å². The van der Waals surface area contributed by atoms with Crippen molar-refractivity contribution in [3.05, 3.63) is 11.8 Å². The van der Waals surface area contributed by atoms with Gasteiger partial charge < -0.3 is 5.73 Å². The molecule has 4 heteroatoms. The molecule has 1 heterocycles. The first-order chi connectivity index (χ1) is 6.59. The fourth-order valence-electron chi connectivity index (χ4n) is 1.71. The molecule has 1 aliphatic rings. The van der Waals surface area contributed by atoms with Crippen molar-refractivity contribution in [3.8, 4) is 0 Å². The van der Waals surface area contributed by atoms with E-state index < -0.39 is 0 Å². The van der Waals surface area contributed by atoms with Crippen LogP contribution in [0.2, 0.25) is 0 Å². The Balaban J connectivity index is 2.38. The molecule has 1 aliphatic carbocycles. The number of nitrogen functional groups attached to an aromatic ring is 1. The molecule has 4 nitrogen and oxygen atoms in total. The Bertz CT molecular complexity index is 385. The summed E-state index contributed by atoms with van der Waals surface area (Å²) in [6.45, 7) is 2.10. The third-order valence-corrected chi connectivity index (χ3v) is 2.87. The molecular weight excluding hydrogens is 176 g/mol. The average Bonchev–Trinajstić information content (AvgIpc) is 2.90. The Morgan fingerprint density at radius 1 is 1.64 bits per heavy atom. The summed E-state index contributed by atoms with van der Waals surface area (Å²) in [6, 6.07) is 0.717. The van der Waals surface area contributed by atoms with Crippen LogP contribution in [-0.2, 0) is 7.05 Å². The summed E-state index contributed by atoms with van der Waals surface area (Å²) in [6.07, 6.45) is 4.57. The smallest absolute Gasteiger partial charge is 0.185 e. The van der Waals surface area contributed by atoms with E-state index in [9.17, 15) is 0 Å². The molecule has 0 atom stereocenters.